The van der Waals surface area contributed by atoms with Gasteiger partial charge in [-0.15, -0.1) is 0 Å². The molecule has 0 aromatic carbocycles. The van der Waals surface area contributed by atoms with Crippen LogP contribution in [0.5, 0.6) is 0 Å². The summed E-state index contributed by atoms with van der Waals surface area (Å²) in [5, 5.41) is 0. The third-order valence-corrected chi connectivity index (χ3v) is 0.755. The lowest BCUT2D eigenvalue weighted by Gasteiger charge is -2.08. The summed E-state index contributed by atoms with van der Waals surface area (Å²) in [7, 11) is 1.64. The smallest absolute Gasteiger partial charge is 0.0809 e. The van der Waals surface area contributed by atoms with Crippen LogP contribution in [0.15, 0.2) is 0 Å². The fraction of sp³-hybridized carbons (Fsp3) is 0.833. The van der Waals surface area contributed by atoms with Crippen molar-refractivity contribution in [1.82, 2.24) is 0 Å². The molecule has 0 saturated carbocycles. The zero-order valence-electron chi connectivity index (χ0n) is 5.52. The molecule has 0 rings (SSSR count). The first-order chi connectivity index (χ1) is 3.81. The van der Waals surface area contributed by atoms with E-state index in [0.29, 0.717) is 13.2 Å². The van der Waals surface area contributed by atoms with Gasteiger partial charge < -0.3 is 9.47 Å². The number of methoxy groups -OCH3 is 1. The summed E-state index contributed by atoms with van der Waals surface area (Å²) in [6, 6.07) is 0. The van der Waals surface area contributed by atoms with Crippen LogP contribution in [0, 0.1) is 6.92 Å². The lowest BCUT2D eigenvalue weighted by atomic mass is 10.4. The van der Waals surface area contributed by atoms with E-state index in [1.54, 1.807) is 7.11 Å². The van der Waals surface area contributed by atoms with E-state index in [9.17, 15) is 0 Å². The van der Waals surface area contributed by atoms with Gasteiger partial charge in [0.2, 0.25) is 0 Å². The Kier molecular flexibility index (Phi) is 5.01. The minimum Gasteiger partial charge on any atom is -0.382 e. The molecule has 0 N–H and O–H groups in total. The summed E-state index contributed by atoms with van der Waals surface area (Å²) in [5.74, 6) is 0. The molecule has 0 saturated heterocycles. The fourth-order valence-corrected chi connectivity index (χ4v) is 0.470. The molecule has 2 nitrogen and oxygen atoms in total. The minimum atomic E-state index is -0.00926. The molecule has 1 atom stereocenters. The van der Waals surface area contributed by atoms with Gasteiger partial charge in [0.1, 0.15) is 0 Å². The zero-order valence-corrected chi connectivity index (χ0v) is 5.52. The molecule has 0 aliphatic carbocycles. The molecule has 49 valence electrons. The standard InChI is InChI=1S/C6H13O2/c1-4-8-6(2)5-7-3/h6H,2,4-5H2,1,3H3. The van der Waals surface area contributed by atoms with E-state index < -0.39 is 0 Å². The van der Waals surface area contributed by atoms with Crippen LogP contribution in [0.1, 0.15) is 6.92 Å². The second kappa shape index (κ2) is 5.06. The summed E-state index contributed by atoms with van der Waals surface area (Å²) < 4.78 is 9.81. The van der Waals surface area contributed by atoms with Crippen LogP contribution < -0.4 is 0 Å². The van der Waals surface area contributed by atoms with E-state index in [1.807, 2.05) is 6.92 Å². The van der Waals surface area contributed by atoms with Gasteiger partial charge in [0.25, 0.3) is 0 Å². The van der Waals surface area contributed by atoms with E-state index in [0.717, 1.165) is 0 Å². The van der Waals surface area contributed by atoms with E-state index in [-0.39, 0.29) is 6.10 Å². The second-order valence-electron chi connectivity index (χ2n) is 1.53. The molecule has 0 aromatic rings. The molecule has 8 heavy (non-hydrogen) atoms. The molecule has 2 heteroatoms. The molecule has 0 aromatic heterocycles. The Bertz CT molecular complexity index is 39.8. The number of rotatable bonds is 4. The molecule has 0 fully saturated rings. The normalized spacial score (nSPS) is 13.9. The largest absolute Gasteiger partial charge is 0.382 e. The van der Waals surface area contributed by atoms with Gasteiger partial charge in [0.15, 0.2) is 0 Å². The Hall–Kier alpha value is -0.0800. The van der Waals surface area contributed by atoms with Gasteiger partial charge >= 0.3 is 0 Å². The van der Waals surface area contributed by atoms with Gasteiger partial charge in [-0.05, 0) is 13.8 Å². The first kappa shape index (κ1) is 7.92. The molecule has 0 bridgehead atoms. The summed E-state index contributed by atoms with van der Waals surface area (Å²) in [6.45, 7) is 6.89. The van der Waals surface area contributed by atoms with Crippen molar-refractivity contribution in [2.24, 2.45) is 0 Å². The van der Waals surface area contributed by atoms with Crippen LogP contribution >= 0.6 is 0 Å². The molecule has 0 heterocycles. The first-order valence-corrected chi connectivity index (χ1v) is 2.74. The molecule has 0 amide bonds. The van der Waals surface area contributed by atoms with Gasteiger partial charge in [0, 0.05) is 13.7 Å². The molecular weight excluding hydrogens is 104 g/mol. The van der Waals surface area contributed by atoms with Gasteiger partial charge in [-0.1, -0.05) is 0 Å². The van der Waals surface area contributed by atoms with Crippen LogP contribution in [0.4, 0.5) is 0 Å². The fourth-order valence-electron chi connectivity index (χ4n) is 0.470. The Morgan fingerprint density at radius 3 is 2.62 bits per heavy atom. The summed E-state index contributed by atoms with van der Waals surface area (Å²) in [5.41, 5.74) is 0. The topological polar surface area (TPSA) is 18.5 Å². The van der Waals surface area contributed by atoms with Crippen LogP contribution in [0.25, 0.3) is 0 Å². The van der Waals surface area contributed by atoms with Gasteiger partial charge in [-0.25, -0.2) is 0 Å². The predicted molar refractivity (Wildman–Crippen MR) is 32.6 cm³/mol. The van der Waals surface area contributed by atoms with Gasteiger partial charge in [-0.3, -0.25) is 0 Å². The van der Waals surface area contributed by atoms with Crippen molar-refractivity contribution >= 4 is 0 Å². The van der Waals surface area contributed by atoms with E-state index >= 15 is 0 Å². The molecule has 1 radical (unpaired) electrons. The quantitative estimate of drug-likeness (QED) is 0.544. The lowest BCUT2D eigenvalue weighted by molar-refractivity contribution is 0.0305. The Morgan fingerprint density at radius 2 is 2.25 bits per heavy atom. The van der Waals surface area contributed by atoms with Crippen LogP contribution in [0.3, 0.4) is 0 Å². The van der Waals surface area contributed by atoms with E-state index in [1.165, 1.54) is 0 Å². The third-order valence-electron chi connectivity index (χ3n) is 0.755. The highest BCUT2D eigenvalue weighted by molar-refractivity contribution is 4.55. The van der Waals surface area contributed by atoms with E-state index in [4.69, 9.17) is 9.47 Å². The van der Waals surface area contributed by atoms with Crippen molar-refractivity contribution in [1.29, 1.82) is 0 Å². The van der Waals surface area contributed by atoms with Crippen LogP contribution in [-0.4, -0.2) is 26.4 Å². The number of ether oxygens (including phenoxy) is 2. The zero-order chi connectivity index (χ0) is 6.41. The monoisotopic (exact) mass is 117 g/mol. The highest BCUT2D eigenvalue weighted by Gasteiger charge is 1.96. The Labute approximate surface area is 50.8 Å². The highest BCUT2D eigenvalue weighted by Crippen LogP contribution is 1.87. The van der Waals surface area contributed by atoms with Crippen LogP contribution in [-0.2, 0) is 9.47 Å². The third kappa shape index (κ3) is 4.09. The Morgan fingerprint density at radius 1 is 1.62 bits per heavy atom. The van der Waals surface area contributed by atoms with Crippen molar-refractivity contribution in [3.05, 3.63) is 6.92 Å². The average molecular weight is 117 g/mol. The maximum atomic E-state index is 5.05. The van der Waals surface area contributed by atoms with Crippen LogP contribution in [0.2, 0.25) is 0 Å². The predicted octanol–water partition coefficient (Wildman–Crippen LogP) is 0.872. The molecule has 0 aliphatic heterocycles. The van der Waals surface area contributed by atoms with Crippen molar-refractivity contribution < 1.29 is 9.47 Å². The highest BCUT2D eigenvalue weighted by atomic mass is 16.5. The van der Waals surface area contributed by atoms with Gasteiger partial charge in [-0.2, -0.15) is 0 Å². The number of hydrogen-bond donors (Lipinski definition) is 0. The minimum absolute atomic E-state index is 0.00926. The summed E-state index contributed by atoms with van der Waals surface area (Å²) >= 11 is 0. The molecular formula is C6H13O2. The average Bonchev–Trinajstić information content (AvgIpc) is 1.68. The molecule has 0 aliphatic rings. The number of hydrogen-bond acceptors (Lipinski definition) is 2. The lowest BCUT2D eigenvalue weighted by Crippen LogP contribution is -2.14. The summed E-state index contributed by atoms with van der Waals surface area (Å²) in [4.78, 5) is 0. The van der Waals surface area contributed by atoms with Crippen molar-refractivity contribution in [3.8, 4) is 0 Å². The summed E-state index contributed by atoms with van der Waals surface area (Å²) in [6.07, 6.45) is -0.00926. The maximum absolute atomic E-state index is 5.05. The SMILES string of the molecule is [CH2]C(COC)OCC. The Balaban J connectivity index is 2.92. The van der Waals surface area contributed by atoms with Gasteiger partial charge in [0.05, 0.1) is 12.7 Å². The maximum Gasteiger partial charge on any atom is 0.0809 e. The molecule has 0 spiro atoms. The van der Waals surface area contributed by atoms with Crippen molar-refractivity contribution in [2.75, 3.05) is 20.3 Å². The van der Waals surface area contributed by atoms with Crippen molar-refractivity contribution in [3.63, 3.8) is 0 Å². The van der Waals surface area contributed by atoms with Crippen molar-refractivity contribution in [2.45, 2.75) is 13.0 Å². The second-order valence-corrected chi connectivity index (χ2v) is 1.53. The van der Waals surface area contributed by atoms with E-state index in [2.05, 4.69) is 6.92 Å². The first-order valence-electron chi connectivity index (χ1n) is 2.74. The molecule has 1 unspecified atom stereocenters.